The van der Waals surface area contributed by atoms with Crippen molar-refractivity contribution in [3.8, 4) is 0 Å². The Morgan fingerprint density at radius 3 is 0.578 bits per heavy atom. The van der Waals surface area contributed by atoms with Crippen LogP contribution >= 0.6 is 24.8 Å². The molecule has 0 aromatic heterocycles. The summed E-state index contributed by atoms with van der Waals surface area (Å²) < 4.78 is 6.01. The smallest absolute Gasteiger partial charge is 0.147 e. The summed E-state index contributed by atoms with van der Waals surface area (Å²) in [7, 11) is 0. The van der Waals surface area contributed by atoms with Gasteiger partial charge in [-0.25, -0.2) is 0 Å². The van der Waals surface area contributed by atoms with Crippen LogP contribution in [0, 0.1) is 0 Å². The third-order valence-electron chi connectivity index (χ3n) is 9.41. The van der Waals surface area contributed by atoms with E-state index in [0.717, 1.165) is 0 Å². The van der Waals surface area contributed by atoms with Crippen molar-refractivity contribution in [3.05, 3.63) is 0 Å². The topological polar surface area (TPSA) is 6.48 Å². The number of unbranched alkanes of at least 4 members (excludes halogenated alkanes) is 28. The van der Waals surface area contributed by atoms with Gasteiger partial charge in [0.15, 0.2) is 0 Å². The van der Waals surface area contributed by atoms with Crippen molar-refractivity contribution in [3.63, 3.8) is 0 Å². The number of hydrogen-bond acceptors (Lipinski definition) is 2. The molecule has 2 nitrogen and oxygen atoms in total. The van der Waals surface area contributed by atoms with Gasteiger partial charge in [-0.1, -0.05) is 0 Å². The van der Waals surface area contributed by atoms with E-state index in [4.69, 9.17) is 0 Å². The molecule has 274 valence electrons. The van der Waals surface area contributed by atoms with Crippen LogP contribution in [0.1, 0.15) is 233 Å². The van der Waals surface area contributed by atoms with Crippen LogP contribution in [0.3, 0.4) is 0 Å². The average molecular weight is 714 g/mol. The largest absolute Gasteiger partial charge is 0.147 e. The van der Waals surface area contributed by atoms with E-state index in [9.17, 15) is 0 Å². The molecule has 0 aliphatic carbocycles. The zero-order valence-electron chi connectivity index (χ0n) is 31.7. The van der Waals surface area contributed by atoms with Crippen LogP contribution in [0.2, 0.25) is 0 Å². The van der Waals surface area contributed by atoms with Crippen LogP contribution in [-0.4, -0.2) is 32.9 Å². The second-order valence-corrected chi connectivity index (χ2v) is 16.3. The first-order chi connectivity index (χ1) is 21.3. The molecule has 0 aliphatic heterocycles. The molecule has 0 aromatic carbocycles. The minimum atomic E-state index is -0.144. The molecule has 0 fully saturated rings. The molecule has 0 saturated heterocycles. The number of rotatable bonds is 38. The molecular weight excluding hydrogens is 627 g/mol. The minimum absolute atomic E-state index is 0. The summed E-state index contributed by atoms with van der Waals surface area (Å²) >= 11 is -0.144. The van der Waals surface area contributed by atoms with Crippen molar-refractivity contribution in [2.45, 2.75) is 233 Å². The molecule has 0 N–H and O–H groups in total. The zero-order chi connectivity index (χ0) is 31.3. The summed E-state index contributed by atoms with van der Waals surface area (Å²) in [5, 5.41) is 0. The fourth-order valence-corrected chi connectivity index (χ4v) is 8.61. The van der Waals surface area contributed by atoms with Crippen LogP contribution in [0.25, 0.3) is 0 Å². The molecule has 45 heavy (non-hydrogen) atoms. The fraction of sp³-hybridized carbons (Fsp3) is 1.00. The van der Waals surface area contributed by atoms with Gasteiger partial charge in [-0.05, 0) is 0 Å². The fourth-order valence-electron chi connectivity index (χ4n) is 6.37. The van der Waals surface area contributed by atoms with Gasteiger partial charge in [-0.15, -0.1) is 24.8 Å². The Morgan fingerprint density at radius 2 is 0.400 bits per heavy atom. The summed E-state index contributed by atoms with van der Waals surface area (Å²) in [5.74, 6) is 0. The van der Waals surface area contributed by atoms with Crippen LogP contribution in [0.4, 0.5) is 0 Å². The van der Waals surface area contributed by atoms with E-state index < -0.39 is 0 Å². The Hall–Kier alpha value is 1.21. The van der Waals surface area contributed by atoms with Gasteiger partial charge in [0.25, 0.3) is 0 Å². The van der Waals surface area contributed by atoms with Gasteiger partial charge in [-0.2, -0.15) is 0 Å². The average Bonchev–Trinajstić information content (AvgIpc) is 3.01. The molecule has 0 spiro atoms. The van der Waals surface area contributed by atoms with Gasteiger partial charge >= 0.3 is 286 Å². The third kappa shape index (κ3) is 41.3. The molecule has 5 heteroatoms. The molecule has 0 aromatic rings. The summed E-state index contributed by atoms with van der Waals surface area (Å²) in [6.07, 6.45) is 46.3. The maximum atomic E-state index is 3.00. The predicted octanol–water partition coefficient (Wildman–Crippen LogP) is 14.9. The molecule has 0 atom stereocenters. The van der Waals surface area contributed by atoms with E-state index in [0.29, 0.717) is 0 Å². The van der Waals surface area contributed by atoms with Crippen molar-refractivity contribution >= 4 is 24.8 Å². The Labute approximate surface area is 308 Å². The van der Waals surface area contributed by atoms with Gasteiger partial charge < -0.3 is 0 Å². The molecule has 0 aliphatic rings. The minimum Gasteiger partial charge on any atom is -0.147 e. The third-order valence-corrected chi connectivity index (χ3v) is 11.7. The second-order valence-electron chi connectivity index (χ2n) is 14.0. The van der Waals surface area contributed by atoms with Crippen molar-refractivity contribution in [1.82, 2.24) is 6.76 Å². The zero-order valence-corrected chi connectivity index (χ0v) is 34.9. The van der Waals surface area contributed by atoms with Crippen LogP contribution in [0.5, 0.6) is 0 Å². The molecule has 0 bridgehead atoms. The van der Waals surface area contributed by atoms with E-state index in [2.05, 4.69) is 34.5 Å². The van der Waals surface area contributed by atoms with Crippen molar-refractivity contribution in [2.75, 3.05) is 26.2 Å². The van der Waals surface area contributed by atoms with E-state index >= 15 is 0 Å². The van der Waals surface area contributed by atoms with E-state index in [1.807, 2.05) is 0 Å². The summed E-state index contributed by atoms with van der Waals surface area (Å²) in [6.45, 7) is 14.9. The number of hydrogen-bond donors (Lipinski definition) is 0. The normalized spacial score (nSPS) is 11.2. The van der Waals surface area contributed by atoms with Crippen molar-refractivity contribution < 1.29 is 19.7 Å². The van der Waals surface area contributed by atoms with Gasteiger partial charge in [-0.3, -0.25) is 0 Å². The number of nitrogens with zero attached hydrogens (tertiary/aromatic N) is 2. The first kappa shape index (κ1) is 50.6. The van der Waals surface area contributed by atoms with Gasteiger partial charge in [0, 0.05) is 0 Å². The molecular formula is C40H86Cl2N2Ti. The molecule has 0 rings (SSSR count). The standard InChI is InChI=1S/2C20H42N.2ClH.Ti/c2*1-3-5-7-9-11-13-15-17-19-21-20-18-16-14-12-10-8-6-4-2;;;/h2*3-20H2,1-2H3;2*1H;/q2*-1;;;+2. The van der Waals surface area contributed by atoms with E-state index in [1.54, 1.807) is 0 Å². The van der Waals surface area contributed by atoms with E-state index in [-0.39, 0.29) is 44.5 Å². The first-order valence-corrected chi connectivity index (χ1v) is 21.9. The molecule has 0 heterocycles. The second kappa shape index (κ2) is 45.2. The Bertz CT molecular complexity index is 415. The summed E-state index contributed by atoms with van der Waals surface area (Å²) in [6, 6.07) is 0. The molecule has 0 saturated carbocycles. The first-order valence-electron chi connectivity index (χ1n) is 20.5. The summed E-state index contributed by atoms with van der Waals surface area (Å²) in [5.41, 5.74) is 0. The summed E-state index contributed by atoms with van der Waals surface area (Å²) in [4.78, 5) is 0. The molecule has 0 radical (unpaired) electrons. The molecule has 0 amide bonds. The monoisotopic (exact) mass is 713 g/mol. The SMILES string of the molecule is CCCCCCCCCC[N](CCCCCCCCCC)[Ti][N](CCCCCCCCCC)CCCCCCCCCC.Cl.Cl. The van der Waals surface area contributed by atoms with Crippen LogP contribution < -0.4 is 0 Å². The van der Waals surface area contributed by atoms with E-state index in [1.165, 1.54) is 232 Å². The number of halogens is 2. The molecule has 0 unspecified atom stereocenters. The quantitative estimate of drug-likeness (QED) is 0.0464. The Balaban J connectivity index is -0.00000882. The van der Waals surface area contributed by atoms with Gasteiger partial charge in [0.2, 0.25) is 0 Å². The van der Waals surface area contributed by atoms with Crippen molar-refractivity contribution in [2.24, 2.45) is 0 Å². The maximum Gasteiger partial charge on any atom is -0.147 e. The van der Waals surface area contributed by atoms with Gasteiger partial charge in [0.05, 0.1) is 0 Å². The van der Waals surface area contributed by atoms with Crippen LogP contribution in [-0.2, 0) is 19.7 Å². The van der Waals surface area contributed by atoms with Gasteiger partial charge in [0.1, 0.15) is 0 Å². The Morgan fingerprint density at radius 1 is 0.244 bits per heavy atom. The Kier molecular flexibility index (Phi) is 50.8. The maximum absolute atomic E-state index is 3.00. The van der Waals surface area contributed by atoms with Crippen LogP contribution in [0.15, 0.2) is 0 Å². The van der Waals surface area contributed by atoms with Crippen molar-refractivity contribution in [1.29, 1.82) is 0 Å². The predicted molar refractivity (Wildman–Crippen MR) is 208 cm³/mol.